The van der Waals surface area contributed by atoms with Crippen molar-refractivity contribution in [3.05, 3.63) is 27.8 Å². The van der Waals surface area contributed by atoms with Crippen LogP contribution in [0.3, 0.4) is 0 Å². The SMILES string of the molecule is CCc1c(C)c(C)c(C)c(OCOC)c1C(=O)OC(C)(C)C. The van der Waals surface area contributed by atoms with Crippen LogP contribution >= 0.6 is 0 Å². The van der Waals surface area contributed by atoms with Crippen LogP contribution in [0.25, 0.3) is 0 Å². The van der Waals surface area contributed by atoms with Crippen LogP contribution in [0, 0.1) is 20.8 Å². The first-order chi connectivity index (χ1) is 10.1. The van der Waals surface area contributed by atoms with Gasteiger partial charge in [0.25, 0.3) is 0 Å². The number of hydrogen-bond donors (Lipinski definition) is 0. The van der Waals surface area contributed by atoms with Crippen LogP contribution < -0.4 is 4.74 Å². The fourth-order valence-corrected chi connectivity index (χ4v) is 2.48. The van der Waals surface area contributed by atoms with Crippen molar-refractivity contribution in [2.45, 2.75) is 60.5 Å². The first-order valence-corrected chi connectivity index (χ1v) is 7.61. The molecule has 0 radical (unpaired) electrons. The van der Waals surface area contributed by atoms with Gasteiger partial charge in [-0.2, -0.15) is 0 Å². The second-order valence-corrected chi connectivity index (χ2v) is 6.46. The molecule has 22 heavy (non-hydrogen) atoms. The minimum Gasteiger partial charge on any atom is -0.466 e. The summed E-state index contributed by atoms with van der Waals surface area (Å²) < 4.78 is 16.3. The van der Waals surface area contributed by atoms with Crippen molar-refractivity contribution in [3.8, 4) is 5.75 Å². The van der Waals surface area contributed by atoms with E-state index < -0.39 is 5.60 Å². The number of hydrogen-bond acceptors (Lipinski definition) is 4. The smallest absolute Gasteiger partial charge is 0.342 e. The largest absolute Gasteiger partial charge is 0.466 e. The molecular formula is C18H28O4. The Bertz CT molecular complexity index is 553. The molecule has 1 rings (SSSR count). The van der Waals surface area contributed by atoms with Crippen LogP contribution in [0.2, 0.25) is 0 Å². The third-order valence-electron chi connectivity index (χ3n) is 3.72. The summed E-state index contributed by atoms with van der Waals surface area (Å²) in [7, 11) is 1.56. The number of esters is 1. The van der Waals surface area contributed by atoms with Gasteiger partial charge in [-0.3, -0.25) is 0 Å². The average molecular weight is 308 g/mol. The maximum absolute atomic E-state index is 12.7. The van der Waals surface area contributed by atoms with Crippen molar-refractivity contribution in [3.63, 3.8) is 0 Å². The Labute approximate surface area is 133 Å². The van der Waals surface area contributed by atoms with Crippen molar-refractivity contribution >= 4 is 5.97 Å². The monoisotopic (exact) mass is 308 g/mol. The van der Waals surface area contributed by atoms with Gasteiger partial charge in [-0.15, -0.1) is 0 Å². The van der Waals surface area contributed by atoms with Gasteiger partial charge in [-0.1, -0.05) is 6.92 Å². The molecule has 0 spiro atoms. The lowest BCUT2D eigenvalue weighted by atomic mass is 9.91. The summed E-state index contributed by atoms with van der Waals surface area (Å²) in [6, 6.07) is 0. The molecule has 0 aromatic heterocycles. The van der Waals surface area contributed by atoms with Crippen LogP contribution in [0.15, 0.2) is 0 Å². The maximum atomic E-state index is 12.7. The van der Waals surface area contributed by atoms with Crippen molar-refractivity contribution < 1.29 is 19.0 Å². The Balaban J connectivity index is 3.52. The van der Waals surface area contributed by atoms with E-state index in [2.05, 4.69) is 0 Å². The molecule has 1 aromatic rings. The lowest BCUT2D eigenvalue weighted by Gasteiger charge is -2.24. The van der Waals surface area contributed by atoms with Gasteiger partial charge >= 0.3 is 5.97 Å². The highest BCUT2D eigenvalue weighted by molar-refractivity contribution is 5.96. The van der Waals surface area contributed by atoms with E-state index in [0.717, 1.165) is 28.7 Å². The molecule has 0 aliphatic rings. The van der Waals surface area contributed by atoms with Crippen molar-refractivity contribution in [1.82, 2.24) is 0 Å². The van der Waals surface area contributed by atoms with Gasteiger partial charge in [0, 0.05) is 7.11 Å². The first kappa shape index (κ1) is 18.5. The second kappa shape index (κ2) is 7.14. The Morgan fingerprint density at radius 1 is 1.05 bits per heavy atom. The number of carbonyl (C=O) groups is 1. The number of benzene rings is 1. The summed E-state index contributed by atoms with van der Waals surface area (Å²) in [6.45, 7) is 13.8. The predicted molar refractivity (Wildman–Crippen MR) is 87.7 cm³/mol. The molecule has 4 heteroatoms. The molecule has 0 fully saturated rings. The van der Waals surface area contributed by atoms with E-state index in [0.29, 0.717) is 11.3 Å². The van der Waals surface area contributed by atoms with Gasteiger partial charge in [0.05, 0.1) is 0 Å². The lowest BCUT2D eigenvalue weighted by molar-refractivity contribution is 0.00535. The van der Waals surface area contributed by atoms with Crippen LogP contribution in [-0.4, -0.2) is 25.5 Å². The lowest BCUT2D eigenvalue weighted by Crippen LogP contribution is -2.26. The molecule has 1 aromatic carbocycles. The second-order valence-electron chi connectivity index (χ2n) is 6.46. The third kappa shape index (κ3) is 4.01. The molecule has 4 nitrogen and oxygen atoms in total. The Morgan fingerprint density at radius 3 is 2.09 bits per heavy atom. The van der Waals surface area contributed by atoms with Crippen LogP contribution in [0.4, 0.5) is 0 Å². The molecule has 0 bridgehead atoms. The van der Waals surface area contributed by atoms with E-state index in [1.165, 1.54) is 0 Å². The summed E-state index contributed by atoms with van der Waals surface area (Å²) in [5.41, 5.74) is 4.15. The third-order valence-corrected chi connectivity index (χ3v) is 3.72. The number of ether oxygens (including phenoxy) is 3. The standard InChI is InChI=1S/C18H28O4/c1-9-14-12(3)11(2)13(4)16(21-10-20-8)15(14)17(19)22-18(5,6)7/h9-10H2,1-8H3. The number of carbonyl (C=O) groups excluding carboxylic acids is 1. The zero-order chi connectivity index (χ0) is 17.1. The summed E-state index contributed by atoms with van der Waals surface area (Å²) in [4.78, 5) is 12.7. The molecule has 0 saturated carbocycles. The molecule has 0 N–H and O–H groups in total. The molecule has 0 heterocycles. The Morgan fingerprint density at radius 2 is 1.64 bits per heavy atom. The molecule has 0 atom stereocenters. The van der Waals surface area contributed by atoms with Crippen molar-refractivity contribution in [2.75, 3.05) is 13.9 Å². The highest BCUT2D eigenvalue weighted by atomic mass is 16.7. The molecule has 0 saturated heterocycles. The van der Waals surface area contributed by atoms with Gasteiger partial charge in [0.15, 0.2) is 6.79 Å². The van der Waals surface area contributed by atoms with E-state index in [1.807, 2.05) is 48.5 Å². The van der Waals surface area contributed by atoms with E-state index in [4.69, 9.17) is 14.2 Å². The fourth-order valence-electron chi connectivity index (χ4n) is 2.48. The molecule has 124 valence electrons. The molecule has 0 aliphatic carbocycles. The van der Waals surface area contributed by atoms with Crippen LogP contribution in [0.5, 0.6) is 5.75 Å². The highest BCUT2D eigenvalue weighted by Crippen LogP contribution is 2.35. The van der Waals surface area contributed by atoms with E-state index in [1.54, 1.807) is 7.11 Å². The quantitative estimate of drug-likeness (QED) is 0.606. The average Bonchev–Trinajstić information content (AvgIpc) is 2.41. The van der Waals surface area contributed by atoms with Gasteiger partial charge in [0.1, 0.15) is 16.9 Å². The normalized spacial score (nSPS) is 11.5. The summed E-state index contributed by atoms with van der Waals surface area (Å²) in [6.07, 6.45) is 0.741. The highest BCUT2D eigenvalue weighted by Gasteiger charge is 2.27. The van der Waals surface area contributed by atoms with Gasteiger partial charge in [-0.25, -0.2) is 4.79 Å². The fraction of sp³-hybridized carbons (Fsp3) is 0.611. The maximum Gasteiger partial charge on any atom is 0.342 e. The Kier molecular flexibility index (Phi) is 6.00. The van der Waals surface area contributed by atoms with Crippen LogP contribution in [0.1, 0.15) is 60.3 Å². The Hall–Kier alpha value is -1.55. The minimum atomic E-state index is -0.548. The first-order valence-electron chi connectivity index (χ1n) is 7.61. The van der Waals surface area contributed by atoms with Gasteiger partial charge in [-0.05, 0) is 70.2 Å². The van der Waals surface area contributed by atoms with E-state index in [-0.39, 0.29) is 12.8 Å². The number of rotatable bonds is 5. The zero-order valence-corrected chi connectivity index (χ0v) is 15.0. The molecular weight excluding hydrogens is 280 g/mol. The zero-order valence-electron chi connectivity index (χ0n) is 15.0. The number of methoxy groups -OCH3 is 1. The van der Waals surface area contributed by atoms with E-state index in [9.17, 15) is 4.79 Å². The summed E-state index contributed by atoms with van der Waals surface area (Å²) >= 11 is 0. The minimum absolute atomic E-state index is 0.0995. The van der Waals surface area contributed by atoms with Crippen molar-refractivity contribution in [2.24, 2.45) is 0 Å². The topological polar surface area (TPSA) is 44.8 Å². The van der Waals surface area contributed by atoms with E-state index >= 15 is 0 Å². The van der Waals surface area contributed by atoms with Gasteiger partial charge < -0.3 is 14.2 Å². The molecule has 0 aliphatic heterocycles. The summed E-state index contributed by atoms with van der Waals surface area (Å²) in [5.74, 6) is 0.220. The summed E-state index contributed by atoms with van der Waals surface area (Å²) in [5, 5.41) is 0. The van der Waals surface area contributed by atoms with Gasteiger partial charge in [0.2, 0.25) is 0 Å². The van der Waals surface area contributed by atoms with Crippen LogP contribution in [-0.2, 0) is 15.9 Å². The predicted octanol–water partition coefficient (Wildman–Crippen LogP) is 4.11. The molecule has 0 amide bonds. The molecule has 0 unspecified atom stereocenters. The van der Waals surface area contributed by atoms with Crippen molar-refractivity contribution in [1.29, 1.82) is 0 Å².